The van der Waals surface area contributed by atoms with Crippen molar-refractivity contribution in [3.8, 4) is 5.75 Å². The fraction of sp³-hybridized carbons (Fsp3) is 0.565. The third-order valence-corrected chi connectivity index (χ3v) is 6.22. The molecule has 3 heterocycles. The maximum atomic E-state index is 11.5. The molecule has 1 aromatic carbocycles. The molecule has 4 rings (SSSR count). The zero-order valence-electron chi connectivity index (χ0n) is 18.3. The van der Waals surface area contributed by atoms with E-state index < -0.39 is 5.60 Å². The summed E-state index contributed by atoms with van der Waals surface area (Å²) in [5, 5.41) is 15.3. The highest BCUT2D eigenvalue weighted by atomic mass is 16.5. The summed E-state index contributed by atoms with van der Waals surface area (Å²) in [5.41, 5.74) is 0.548. The van der Waals surface area contributed by atoms with E-state index in [-0.39, 0.29) is 5.91 Å². The number of aromatic nitrogens is 2. The Morgan fingerprint density at radius 2 is 1.90 bits per heavy atom. The van der Waals surface area contributed by atoms with Gasteiger partial charge in [0.1, 0.15) is 12.4 Å². The average molecular weight is 428 g/mol. The lowest BCUT2D eigenvalue weighted by Gasteiger charge is -2.38. The molecule has 0 radical (unpaired) electrons. The number of likely N-dealkylation sites (tertiary alicyclic amines) is 1. The second-order valence-corrected chi connectivity index (χ2v) is 8.73. The van der Waals surface area contributed by atoms with E-state index in [1.807, 2.05) is 34.0 Å². The summed E-state index contributed by atoms with van der Waals surface area (Å²) in [6.45, 7) is 9.20. The van der Waals surface area contributed by atoms with Gasteiger partial charge in [-0.25, -0.2) is 0 Å². The Morgan fingerprint density at radius 3 is 2.58 bits per heavy atom. The molecule has 8 nitrogen and oxygen atoms in total. The summed E-state index contributed by atoms with van der Waals surface area (Å²) in [6, 6.07) is 10.1. The molecule has 31 heavy (non-hydrogen) atoms. The highest BCUT2D eigenvalue weighted by Gasteiger charge is 2.38. The van der Waals surface area contributed by atoms with Gasteiger partial charge in [0.2, 0.25) is 5.91 Å². The van der Waals surface area contributed by atoms with E-state index in [1.54, 1.807) is 13.1 Å². The van der Waals surface area contributed by atoms with Crippen molar-refractivity contribution < 1.29 is 14.6 Å². The third kappa shape index (κ3) is 6.06. The van der Waals surface area contributed by atoms with Gasteiger partial charge >= 0.3 is 0 Å². The van der Waals surface area contributed by atoms with Crippen molar-refractivity contribution in [2.45, 2.75) is 32.0 Å². The Hall–Kier alpha value is -2.42. The molecular formula is C23H33N5O3. The molecule has 1 N–H and O–H groups in total. The molecule has 2 aromatic rings. The van der Waals surface area contributed by atoms with Crippen molar-refractivity contribution in [1.82, 2.24) is 24.5 Å². The SMILES string of the molecule is CC(=O)N1CCN(CC2(O)CCN(Cc3ccc(OCCn4cccn4)cc3)C2)CC1. The predicted molar refractivity (Wildman–Crippen MR) is 118 cm³/mol. The maximum Gasteiger partial charge on any atom is 0.219 e. The number of carbonyl (C=O) groups is 1. The van der Waals surface area contributed by atoms with Crippen LogP contribution in [0.2, 0.25) is 0 Å². The number of rotatable bonds is 8. The van der Waals surface area contributed by atoms with Crippen molar-refractivity contribution in [3.63, 3.8) is 0 Å². The molecule has 0 saturated carbocycles. The second-order valence-electron chi connectivity index (χ2n) is 8.73. The molecular weight excluding hydrogens is 394 g/mol. The van der Waals surface area contributed by atoms with Crippen LogP contribution in [0.5, 0.6) is 5.75 Å². The van der Waals surface area contributed by atoms with Crippen LogP contribution in [0.3, 0.4) is 0 Å². The molecule has 8 heteroatoms. The van der Waals surface area contributed by atoms with Crippen LogP contribution in [0, 0.1) is 0 Å². The average Bonchev–Trinajstić information content (AvgIpc) is 3.40. The molecule has 2 saturated heterocycles. The highest BCUT2D eigenvalue weighted by Crippen LogP contribution is 2.25. The molecule has 1 amide bonds. The minimum Gasteiger partial charge on any atom is -0.492 e. The van der Waals surface area contributed by atoms with Crippen molar-refractivity contribution >= 4 is 5.91 Å². The molecule has 2 aliphatic heterocycles. The summed E-state index contributed by atoms with van der Waals surface area (Å²) in [5.74, 6) is 0.998. The largest absolute Gasteiger partial charge is 0.492 e. The number of aliphatic hydroxyl groups is 1. The van der Waals surface area contributed by atoms with Gasteiger partial charge in [-0.1, -0.05) is 12.1 Å². The molecule has 0 spiro atoms. The van der Waals surface area contributed by atoms with Crippen molar-refractivity contribution in [1.29, 1.82) is 0 Å². The second kappa shape index (κ2) is 9.80. The lowest BCUT2D eigenvalue weighted by Crippen LogP contribution is -2.53. The zero-order chi connectivity index (χ0) is 21.7. The van der Waals surface area contributed by atoms with Gasteiger partial charge in [-0.3, -0.25) is 19.3 Å². The Morgan fingerprint density at radius 1 is 1.13 bits per heavy atom. The first kappa shape index (κ1) is 21.8. The molecule has 1 aromatic heterocycles. The number of piperazine rings is 1. The van der Waals surface area contributed by atoms with Crippen molar-refractivity contribution in [2.24, 2.45) is 0 Å². The number of ether oxygens (including phenoxy) is 1. The molecule has 1 atom stereocenters. The first-order valence-corrected chi connectivity index (χ1v) is 11.1. The lowest BCUT2D eigenvalue weighted by atomic mass is 10.0. The van der Waals surface area contributed by atoms with Gasteiger partial charge in [0.05, 0.1) is 12.1 Å². The number of β-amino-alcohol motifs (C(OH)–C–C–N with tert-alkyl or cyclic N) is 1. The number of benzene rings is 1. The number of carbonyl (C=O) groups excluding carboxylic acids is 1. The van der Waals surface area contributed by atoms with E-state index in [2.05, 4.69) is 27.0 Å². The normalized spacial score (nSPS) is 22.7. The van der Waals surface area contributed by atoms with Gasteiger partial charge in [-0.2, -0.15) is 5.10 Å². The minimum atomic E-state index is -0.673. The van der Waals surface area contributed by atoms with Gasteiger partial charge < -0.3 is 14.7 Å². The summed E-state index contributed by atoms with van der Waals surface area (Å²) < 4.78 is 7.65. The van der Waals surface area contributed by atoms with Crippen LogP contribution in [0.15, 0.2) is 42.7 Å². The fourth-order valence-electron chi connectivity index (χ4n) is 4.48. The van der Waals surface area contributed by atoms with E-state index in [9.17, 15) is 9.90 Å². The minimum absolute atomic E-state index is 0.139. The van der Waals surface area contributed by atoms with Crippen LogP contribution in [0.25, 0.3) is 0 Å². The van der Waals surface area contributed by atoms with Crippen molar-refractivity contribution in [2.75, 3.05) is 52.4 Å². The highest BCUT2D eigenvalue weighted by molar-refractivity contribution is 5.73. The number of nitrogens with zero attached hydrogens (tertiary/aromatic N) is 5. The molecule has 168 valence electrons. The van der Waals surface area contributed by atoms with Crippen molar-refractivity contribution in [3.05, 3.63) is 48.3 Å². The quantitative estimate of drug-likeness (QED) is 0.679. The molecule has 2 fully saturated rings. The zero-order valence-corrected chi connectivity index (χ0v) is 18.3. The number of hydrogen-bond acceptors (Lipinski definition) is 6. The molecule has 2 aliphatic rings. The van der Waals surface area contributed by atoms with E-state index >= 15 is 0 Å². The smallest absolute Gasteiger partial charge is 0.219 e. The number of hydrogen-bond donors (Lipinski definition) is 1. The van der Waals surface area contributed by atoms with Crippen LogP contribution in [-0.2, 0) is 17.9 Å². The Bertz CT molecular complexity index is 833. The lowest BCUT2D eigenvalue weighted by molar-refractivity contribution is -0.130. The summed E-state index contributed by atoms with van der Waals surface area (Å²) in [7, 11) is 0. The first-order valence-electron chi connectivity index (χ1n) is 11.1. The first-order chi connectivity index (χ1) is 15.0. The van der Waals surface area contributed by atoms with Gasteiger partial charge in [0, 0.05) is 71.7 Å². The Kier molecular flexibility index (Phi) is 6.89. The van der Waals surface area contributed by atoms with E-state index in [1.165, 1.54) is 5.56 Å². The summed E-state index contributed by atoms with van der Waals surface area (Å²) >= 11 is 0. The topological polar surface area (TPSA) is 74.1 Å². The van der Waals surface area contributed by atoms with E-state index in [0.29, 0.717) is 19.7 Å². The van der Waals surface area contributed by atoms with Gasteiger partial charge in [-0.05, 0) is 30.2 Å². The van der Waals surface area contributed by atoms with Crippen LogP contribution in [0.4, 0.5) is 0 Å². The van der Waals surface area contributed by atoms with E-state index in [0.717, 1.165) is 58.0 Å². The van der Waals surface area contributed by atoms with Crippen LogP contribution in [0.1, 0.15) is 18.9 Å². The van der Waals surface area contributed by atoms with Gasteiger partial charge in [0.25, 0.3) is 0 Å². The van der Waals surface area contributed by atoms with Crippen LogP contribution >= 0.6 is 0 Å². The van der Waals surface area contributed by atoms with Gasteiger partial charge in [-0.15, -0.1) is 0 Å². The fourth-order valence-corrected chi connectivity index (χ4v) is 4.48. The molecule has 1 unspecified atom stereocenters. The molecule has 0 bridgehead atoms. The predicted octanol–water partition coefficient (Wildman–Crippen LogP) is 1.06. The maximum absolute atomic E-state index is 11.5. The Balaban J connectivity index is 1.20. The van der Waals surface area contributed by atoms with Gasteiger partial charge in [0.15, 0.2) is 0 Å². The number of amides is 1. The van der Waals surface area contributed by atoms with Crippen LogP contribution in [-0.4, -0.2) is 93.5 Å². The van der Waals surface area contributed by atoms with Crippen LogP contribution < -0.4 is 4.74 Å². The monoisotopic (exact) mass is 427 g/mol. The summed E-state index contributed by atoms with van der Waals surface area (Å²) in [6.07, 6.45) is 4.48. The Labute approximate surface area is 184 Å². The summed E-state index contributed by atoms with van der Waals surface area (Å²) in [4.78, 5) is 18.0. The van der Waals surface area contributed by atoms with E-state index in [4.69, 9.17) is 4.74 Å². The standard InChI is InChI=1S/C23H33N5O3/c1-20(29)27-13-11-25(12-14-27)18-23(30)7-10-26(19-23)17-21-3-5-22(6-4-21)31-16-15-28-9-2-8-24-28/h2-6,8-9,30H,7,10-19H2,1H3. The molecule has 0 aliphatic carbocycles. The third-order valence-electron chi connectivity index (χ3n) is 6.22.